The summed E-state index contributed by atoms with van der Waals surface area (Å²) in [6.07, 6.45) is 3.11. The fourth-order valence-corrected chi connectivity index (χ4v) is 1.21. The topological polar surface area (TPSA) is 55.1 Å². The molecule has 4 heteroatoms. The summed E-state index contributed by atoms with van der Waals surface area (Å²) in [4.78, 5) is 11.6. The maximum atomic E-state index is 10.6. The van der Waals surface area contributed by atoms with Gasteiger partial charge in [0.25, 0.3) is 5.91 Å². The monoisotopic (exact) mass is 168 g/mol. The minimum Gasteiger partial charge on any atom is -0.291 e. The van der Waals surface area contributed by atoms with Gasteiger partial charge in [0.1, 0.15) is 0 Å². The minimum absolute atomic E-state index is 0.293. The fourth-order valence-electron chi connectivity index (χ4n) is 0.592. The molecule has 0 saturated carbocycles. The molecule has 0 aliphatic heterocycles. The van der Waals surface area contributed by atoms with E-state index in [-0.39, 0.29) is 5.91 Å². The highest BCUT2D eigenvalue weighted by atomic mass is 32.1. The summed E-state index contributed by atoms with van der Waals surface area (Å²) in [5.74, 6) is 4.57. The molecule has 1 heterocycles. The van der Waals surface area contributed by atoms with Crippen molar-refractivity contribution in [2.24, 2.45) is 5.84 Å². The van der Waals surface area contributed by atoms with Crippen LogP contribution in [0.3, 0.4) is 0 Å². The first-order valence-electron chi connectivity index (χ1n) is 3.05. The lowest BCUT2D eigenvalue weighted by atomic mass is 10.4. The van der Waals surface area contributed by atoms with E-state index >= 15 is 0 Å². The van der Waals surface area contributed by atoms with Gasteiger partial charge in [-0.25, -0.2) is 5.84 Å². The van der Waals surface area contributed by atoms with Gasteiger partial charge in [-0.1, -0.05) is 6.07 Å². The zero-order chi connectivity index (χ0) is 8.10. The molecular formula is C7H8N2OS. The molecule has 0 spiro atoms. The van der Waals surface area contributed by atoms with Gasteiger partial charge in [-0.2, -0.15) is 0 Å². The molecule has 1 amide bonds. The van der Waals surface area contributed by atoms with Crippen LogP contribution in [0.4, 0.5) is 0 Å². The van der Waals surface area contributed by atoms with Crippen LogP contribution in [0.1, 0.15) is 4.88 Å². The largest absolute Gasteiger partial charge is 0.291 e. The van der Waals surface area contributed by atoms with E-state index in [1.807, 2.05) is 22.9 Å². The quantitative estimate of drug-likeness (QED) is 0.296. The van der Waals surface area contributed by atoms with E-state index in [0.29, 0.717) is 0 Å². The Morgan fingerprint density at radius 2 is 2.55 bits per heavy atom. The van der Waals surface area contributed by atoms with E-state index in [4.69, 9.17) is 5.84 Å². The summed E-state index contributed by atoms with van der Waals surface area (Å²) >= 11 is 1.57. The summed E-state index contributed by atoms with van der Waals surface area (Å²) in [7, 11) is 0. The molecule has 1 rings (SSSR count). The molecule has 0 unspecified atom stereocenters. The standard InChI is InChI=1S/C7H8N2OS/c8-9-7(10)4-3-6-2-1-5-11-6/h1-5H,8H2,(H,9,10). The highest BCUT2D eigenvalue weighted by Gasteiger charge is 1.89. The third-order valence-electron chi connectivity index (χ3n) is 1.08. The van der Waals surface area contributed by atoms with E-state index in [9.17, 15) is 4.79 Å². The molecule has 11 heavy (non-hydrogen) atoms. The van der Waals surface area contributed by atoms with Crippen molar-refractivity contribution >= 4 is 23.3 Å². The highest BCUT2D eigenvalue weighted by molar-refractivity contribution is 7.10. The van der Waals surface area contributed by atoms with Crippen LogP contribution in [0.5, 0.6) is 0 Å². The number of nitrogens with two attached hydrogens (primary N) is 1. The first kappa shape index (κ1) is 7.97. The molecule has 0 aromatic carbocycles. The van der Waals surface area contributed by atoms with Crippen molar-refractivity contribution in [1.29, 1.82) is 0 Å². The zero-order valence-corrected chi connectivity index (χ0v) is 6.60. The van der Waals surface area contributed by atoms with Crippen LogP contribution in [-0.4, -0.2) is 5.91 Å². The predicted octanol–water partition coefficient (Wildman–Crippen LogP) is 0.751. The molecule has 0 fully saturated rings. The Balaban J connectivity index is 2.55. The van der Waals surface area contributed by atoms with Crippen molar-refractivity contribution in [2.45, 2.75) is 0 Å². The number of carbonyl (C=O) groups is 1. The van der Waals surface area contributed by atoms with Crippen molar-refractivity contribution in [1.82, 2.24) is 5.43 Å². The molecule has 0 saturated heterocycles. The van der Waals surface area contributed by atoms with Crippen molar-refractivity contribution in [3.63, 3.8) is 0 Å². The number of carbonyl (C=O) groups excluding carboxylic acids is 1. The first-order chi connectivity index (χ1) is 5.33. The van der Waals surface area contributed by atoms with E-state index < -0.39 is 0 Å². The van der Waals surface area contributed by atoms with Gasteiger partial charge < -0.3 is 0 Å². The Hall–Kier alpha value is -1.13. The second-order valence-corrected chi connectivity index (χ2v) is 2.84. The van der Waals surface area contributed by atoms with Crippen LogP contribution in [-0.2, 0) is 4.79 Å². The van der Waals surface area contributed by atoms with Gasteiger partial charge in [0.2, 0.25) is 0 Å². The summed E-state index contributed by atoms with van der Waals surface area (Å²) in [5, 5.41) is 1.94. The smallest absolute Gasteiger partial charge is 0.257 e. The molecule has 0 atom stereocenters. The maximum absolute atomic E-state index is 10.6. The van der Waals surface area contributed by atoms with E-state index in [2.05, 4.69) is 0 Å². The molecule has 0 aliphatic rings. The van der Waals surface area contributed by atoms with E-state index in [0.717, 1.165) is 4.88 Å². The van der Waals surface area contributed by atoms with Crippen molar-refractivity contribution in [2.75, 3.05) is 0 Å². The number of hydrazine groups is 1. The summed E-state index contributed by atoms with van der Waals surface area (Å²) in [5.41, 5.74) is 2.01. The Labute approximate surface area is 68.5 Å². The molecule has 3 N–H and O–H groups in total. The number of amides is 1. The second kappa shape index (κ2) is 3.90. The Morgan fingerprint density at radius 1 is 1.73 bits per heavy atom. The van der Waals surface area contributed by atoms with Crippen LogP contribution in [0.2, 0.25) is 0 Å². The number of hydrogen-bond donors (Lipinski definition) is 2. The van der Waals surface area contributed by atoms with Gasteiger partial charge in [0, 0.05) is 11.0 Å². The minimum atomic E-state index is -0.293. The van der Waals surface area contributed by atoms with Gasteiger partial charge in [0.05, 0.1) is 0 Å². The van der Waals surface area contributed by atoms with Crippen LogP contribution in [0, 0.1) is 0 Å². The Morgan fingerprint density at radius 3 is 3.09 bits per heavy atom. The van der Waals surface area contributed by atoms with Crippen molar-refractivity contribution in [3.8, 4) is 0 Å². The van der Waals surface area contributed by atoms with E-state index in [1.165, 1.54) is 6.08 Å². The molecule has 0 bridgehead atoms. The van der Waals surface area contributed by atoms with Crippen LogP contribution < -0.4 is 11.3 Å². The molecule has 3 nitrogen and oxygen atoms in total. The highest BCUT2D eigenvalue weighted by Crippen LogP contribution is 2.09. The van der Waals surface area contributed by atoms with Crippen LogP contribution in [0.15, 0.2) is 23.6 Å². The SMILES string of the molecule is NNC(=O)C=Cc1cccs1. The van der Waals surface area contributed by atoms with Crippen LogP contribution >= 0.6 is 11.3 Å². The summed E-state index contributed by atoms with van der Waals surface area (Å²) in [6, 6.07) is 3.84. The zero-order valence-electron chi connectivity index (χ0n) is 5.78. The second-order valence-electron chi connectivity index (χ2n) is 1.86. The van der Waals surface area contributed by atoms with Gasteiger partial charge in [-0.05, 0) is 17.5 Å². The lowest BCUT2D eigenvalue weighted by molar-refractivity contribution is -0.116. The predicted molar refractivity (Wildman–Crippen MR) is 45.7 cm³/mol. The third-order valence-corrected chi connectivity index (χ3v) is 1.92. The maximum Gasteiger partial charge on any atom is 0.257 e. The normalized spacial score (nSPS) is 10.3. The molecular weight excluding hydrogens is 160 g/mol. The Bertz CT molecular complexity index is 253. The average molecular weight is 168 g/mol. The number of rotatable bonds is 2. The molecule has 0 aliphatic carbocycles. The number of thiophene rings is 1. The number of nitrogens with one attached hydrogen (secondary N) is 1. The molecule has 1 aromatic rings. The average Bonchev–Trinajstić information content (AvgIpc) is 2.52. The third kappa shape index (κ3) is 2.53. The lowest BCUT2D eigenvalue weighted by Gasteiger charge is -1.87. The van der Waals surface area contributed by atoms with Gasteiger partial charge in [-0.3, -0.25) is 10.2 Å². The van der Waals surface area contributed by atoms with Gasteiger partial charge >= 0.3 is 0 Å². The number of hydrogen-bond acceptors (Lipinski definition) is 3. The molecule has 1 aromatic heterocycles. The van der Waals surface area contributed by atoms with E-state index in [1.54, 1.807) is 17.4 Å². The van der Waals surface area contributed by atoms with Gasteiger partial charge in [-0.15, -0.1) is 11.3 Å². The van der Waals surface area contributed by atoms with Crippen molar-refractivity contribution in [3.05, 3.63) is 28.5 Å². The van der Waals surface area contributed by atoms with Crippen molar-refractivity contribution < 1.29 is 4.79 Å². The Kier molecular flexibility index (Phi) is 2.83. The lowest BCUT2D eigenvalue weighted by Crippen LogP contribution is -2.27. The molecule has 58 valence electrons. The molecule has 0 radical (unpaired) electrons. The summed E-state index contributed by atoms with van der Waals surface area (Å²) < 4.78 is 0. The first-order valence-corrected chi connectivity index (χ1v) is 3.93. The van der Waals surface area contributed by atoms with Crippen LogP contribution in [0.25, 0.3) is 6.08 Å². The van der Waals surface area contributed by atoms with Gasteiger partial charge in [0.15, 0.2) is 0 Å². The fraction of sp³-hybridized carbons (Fsp3) is 0. The summed E-state index contributed by atoms with van der Waals surface area (Å²) in [6.45, 7) is 0.